The summed E-state index contributed by atoms with van der Waals surface area (Å²) in [6, 6.07) is 15.0. The van der Waals surface area contributed by atoms with Crippen LogP contribution in [0.25, 0.3) is 0 Å². The van der Waals surface area contributed by atoms with Crippen molar-refractivity contribution in [1.82, 2.24) is 4.90 Å². The number of carboxylic acids is 1. The molecule has 1 amide bonds. The topological polar surface area (TPSA) is 69.6 Å². The molecule has 2 aromatic rings. The molecule has 1 aliphatic rings. The number of hydrogen-bond acceptors (Lipinski definition) is 3. The van der Waals surface area contributed by atoms with Crippen molar-refractivity contribution in [3.8, 4) is 0 Å². The van der Waals surface area contributed by atoms with Crippen LogP contribution in [-0.2, 0) is 17.8 Å². The average molecular weight is 352 g/mol. The Balaban J connectivity index is 1.46. The van der Waals surface area contributed by atoms with Crippen molar-refractivity contribution >= 4 is 17.6 Å². The Morgan fingerprint density at radius 3 is 2.15 bits per heavy atom. The molecule has 1 aliphatic heterocycles. The lowest BCUT2D eigenvalue weighted by molar-refractivity contribution is -0.130. The predicted molar refractivity (Wildman–Crippen MR) is 101 cm³/mol. The molecule has 1 saturated heterocycles. The number of aromatic carboxylic acids is 1. The molecule has 0 bridgehead atoms. The number of amides is 1. The molecule has 0 radical (unpaired) electrons. The van der Waals surface area contributed by atoms with Gasteiger partial charge in [-0.05, 0) is 54.7 Å². The molecule has 1 fully saturated rings. The zero-order valence-corrected chi connectivity index (χ0v) is 14.8. The van der Waals surface area contributed by atoms with Crippen LogP contribution in [0.3, 0.4) is 0 Å². The third-order valence-electron chi connectivity index (χ3n) is 4.74. The Bertz CT molecular complexity index is 748. The van der Waals surface area contributed by atoms with Crippen molar-refractivity contribution in [3.05, 3.63) is 65.2 Å². The summed E-state index contributed by atoms with van der Waals surface area (Å²) in [6.07, 6.45) is 3.60. The van der Waals surface area contributed by atoms with E-state index in [1.54, 1.807) is 12.1 Å². The number of carboxylic acid groups (broad SMARTS) is 1. The Morgan fingerprint density at radius 1 is 0.923 bits per heavy atom. The van der Waals surface area contributed by atoms with Crippen molar-refractivity contribution < 1.29 is 14.7 Å². The van der Waals surface area contributed by atoms with Crippen LogP contribution in [0.5, 0.6) is 0 Å². The summed E-state index contributed by atoms with van der Waals surface area (Å²) in [5.41, 5.74) is 3.48. The van der Waals surface area contributed by atoms with Crippen molar-refractivity contribution in [2.75, 3.05) is 18.4 Å². The van der Waals surface area contributed by atoms with E-state index in [-0.39, 0.29) is 5.91 Å². The summed E-state index contributed by atoms with van der Waals surface area (Å²) >= 11 is 0. The van der Waals surface area contributed by atoms with Crippen molar-refractivity contribution in [2.24, 2.45) is 0 Å². The van der Waals surface area contributed by atoms with E-state index in [0.717, 1.165) is 49.2 Å². The first-order chi connectivity index (χ1) is 12.6. The van der Waals surface area contributed by atoms with Gasteiger partial charge in [-0.15, -0.1) is 0 Å². The minimum Gasteiger partial charge on any atom is -0.478 e. The minimum absolute atomic E-state index is 0.259. The van der Waals surface area contributed by atoms with Gasteiger partial charge in [0.15, 0.2) is 0 Å². The van der Waals surface area contributed by atoms with Gasteiger partial charge in [0.1, 0.15) is 0 Å². The Kier molecular flexibility index (Phi) is 5.89. The fourth-order valence-electron chi connectivity index (χ4n) is 3.13. The Morgan fingerprint density at radius 2 is 1.54 bits per heavy atom. The highest BCUT2D eigenvalue weighted by Crippen LogP contribution is 2.15. The molecule has 136 valence electrons. The minimum atomic E-state index is -0.914. The summed E-state index contributed by atoms with van der Waals surface area (Å²) in [7, 11) is 0. The number of aryl methyl sites for hydroxylation is 1. The van der Waals surface area contributed by atoms with Gasteiger partial charge in [0.05, 0.1) is 5.56 Å². The van der Waals surface area contributed by atoms with Crippen molar-refractivity contribution in [3.63, 3.8) is 0 Å². The van der Waals surface area contributed by atoms with Crippen LogP contribution >= 0.6 is 0 Å². The van der Waals surface area contributed by atoms with Crippen LogP contribution in [0.4, 0.5) is 5.69 Å². The molecule has 0 unspecified atom stereocenters. The number of rotatable bonds is 7. The van der Waals surface area contributed by atoms with E-state index in [9.17, 15) is 9.59 Å². The first-order valence-corrected chi connectivity index (χ1v) is 9.04. The van der Waals surface area contributed by atoms with E-state index in [2.05, 4.69) is 5.32 Å². The normalized spacial score (nSPS) is 13.6. The molecule has 5 nitrogen and oxygen atoms in total. The van der Waals surface area contributed by atoms with Crippen LogP contribution in [0, 0.1) is 0 Å². The summed E-state index contributed by atoms with van der Waals surface area (Å²) in [6.45, 7) is 2.46. The lowest BCUT2D eigenvalue weighted by Gasteiger charge is -2.15. The molecular formula is C21H24N2O3. The van der Waals surface area contributed by atoms with E-state index < -0.39 is 5.97 Å². The van der Waals surface area contributed by atoms with E-state index in [1.165, 1.54) is 0 Å². The van der Waals surface area contributed by atoms with Crippen LogP contribution in [0.1, 0.15) is 40.7 Å². The van der Waals surface area contributed by atoms with Gasteiger partial charge in [0, 0.05) is 31.7 Å². The third-order valence-corrected chi connectivity index (χ3v) is 4.74. The highest BCUT2D eigenvalue weighted by Gasteiger charge is 2.17. The third kappa shape index (κ3) is 4.85. The quantitative estimate of drug-likeness (QED) is 0.799. The van der Waals surface area contributed by atoms with Gasteiger partial charge in [-0.2, -0.15) is 0 Å². The Labute approximate surface area is 153 Å². The number of nitrogens with zero attached hydrogens (tertiary/aromatic N) is 1. The second-order valence-electron chi connectivity index (χ2n) is 6.64. The molecule has 5 heteroatoms. The summed E-state index contributed by atoms with van der Waals surface area (Å²) in [5.74, 6) is -0.655. The maximum Gasteiger partial charge on any atom is 0.335 e. The molecule has 2 aromatic carbocycles. The molecule has 0 aliphatic carbocycles. The highest BCUT2D eigenvalue weighted by atomic mass is 16.4. The first kappa shape index (κ1) is 18.0. The van der Waals surface area contributed by atoms with Gasteiger partial charge in [-0.25, -0.2) is 4.79 Å². The molecule has 1 heterocycles. The smallest absolute Gasteiger partial charge is 0.335 e. The second-order valence-corrected chi connectivity index (χ2v) is 6.64. The monoisotopic (exact) mass is 352 g/mol. The number of hydrogen-bond donors (Lipinski definition) is 2. The molecule has 0 atom stereocenters. The highest BCUT2D eigenvalue weighted by molar-refractivity contribution is 5.87. The van der Waals surface area contributed by atoms with Gasteiger partial charge >= 0.3 is 5.97 Å². The van der Waals surface area contributed by atoms with Crippen LogP contribution < -0.4 is 5.32 Å². The second kappa shape index (κ2) is 8.52. The average Bonchev–Trinajstić information content (AvgIpc) is 3.20. The standard InChI is InChI=1S/C21H24N2O3/c24-20(23-13-1-2-14-23)12-7-16-5-10-19(11-6-16)22-15-17-3-8-18(9-4-17)21(25)26/h3-6,8-11,22H,1-2,7,12-15H2,(H,25,26). The number of nitrogens with one attached hydrogen (secondary N) is 1. The fourth-order valence-corrected chi connectivity index (χ4v) is 3.13. The largest absolute Gasteiger partial charge is 0.478 e. The lowest BCUT2D eigenvalue weighted by atomic mass is 10.1. The van der Waals surface area contributed by atoms with E-state index in [4.69, 9.17) is 5.11 Å². The van der Waals surface area contributed by atoms with Crippen LogP contribution in [0.15, 0.2) is 48.5 Å². The number of anilines is 1. The van der Waals surface area contributed by atoms with Crippen molar-refractivity contribution in [1.29, 1.82) is 0 Å². The van der Waals surface area contributed by atoms with E-state index >= 15 is 0 Å². The lowest BCUT2D eigenvalue weighted by Crippen LogP contribution is -2.27. The molecule has 26 heavy (non-hydrogen) atoms. The molecular weight excluding hydrogens is 328 g/mol. The zero-order valence-electron chi connectivity index (χ0n) is 14.8. The Hall–Kier alpha value is -2.82. The number of carbonyl (C=O) groups is 2. The molecule has 0 saturated carbocycles. The van der Waals surface area contributed by atoms with Gasteiger partial charge in [0.2, 0.25) is 5.91 Å². The molecule has 0 aromatic heterocycles. The van der Waals surface area contributed by atoms with Crippen LogP contribution in [0.2, 0.25) is 0 Å². The van der Waals surface area contributed by atoms with Gasteiger partial charge in [-0.3, -0.25) is 4.79 Å². The first-order valence-electron chi connectivity index (χ1n) is 9.04. The fraction of sp³-hybridized carbons (Fsp3) is 0.333. The van der Waals surface area contributed by atoms with Crippen molar-refractivity contribution in [2.45, 2.75) is 32.2 Å². The van der Waals surface area contributed by atoms with Gasteiger partial charge < -0.3 is 15.3 Å². The van der Waals surface area contributed by atoms with Crippen LogP contribution in [-0.4, -0.2) is 35.0 Å². The number of carbonyl (C=O) groups excluding carboxylic acids is 1. The molecule has 0 spiro atoms. The molecule has 3 rings (SSSR count). The van der Waals surface area contributed by atoms with Gasteiger partial charge in [-0.1, -0.05) is 24.3 Å². The summed E-state index contributed by atoms with van der Waals surface area (Å²) in [4.78, 5) is 24.9. The number of benzene rings is 2. The van der Waals surface area contributed by atoms with E-state index in [0.29, 0.717) is 18.5 Å². The van der Waals surface area contributed by atoms with Gasteiger partial charge in [0.25, 0.3) is 0 Å². The summed E-state index contributed by atoms with van der Waals surface area (Å²) < 4.78 is 0. The molecule has 2 N–H and O–H groups in total. The maximum absolute atomic E-state index is 12.1. The number of likely N-dealkylation sites (tertiary alicyclic amines) is 1. The summed E-state index contributed by atoms with van der Waals surface area (Å²) in [5, 5.41) is 12.2. The van der Waals surface area contributed by atoms with E-state index in [1.807, 2.05) is 41.3 Å². The predicted octanol–water partition coefficient (Wildman–Crippen LogP) is 3.55. The SMILES string of the molecule is O=C(O)c1ccc(CNc2ccc(CCC(=O)N3CCCC3)cc2)cc1. The zero-order chi connectivity index (χ0) is 18.4. The maximum atomic E-state index is 12.1.